The maximum atomic E-state index is 13.0. The summed E-state index contributed by atoms with van der Waals surface area (Å²) in [5, 5.41) is 0. The third-order valence-corrected chi connectivity index (χ3v) is 4.94. The van der Waals surface area contributed by atoms with Gasteiger partial charge in [0.2, 0.25) is 0 Å². The van der Waals surface area contributed by atoms with E-state index < -0.39 is 11.7 Å². The molecule has 2 aliphatic rings. The molecule has 0 spiro atoms. The highest BCUT2D eigenvalue weighted by Gasteiger charge is 2.35. The molecule has 22 heavy (non-hydrogen) atoms. The molecule has 1 unspecified atom stereocenters. The Morgan fingerprint density at radius 2 is 1.86 bits per heavy atom. The van der Waals surface area contributed by atoms with E-state index >= 15 is 0 Å². The van der Waals surface area contributed by atoms with E-state index in [2.05, 4.69) is 18.0 Å². The standard InChI is InChI=1S/C18H16F3N/c1-22-8-7-11-3-2-4-14-15-10-13(18(19,20)21)6-5-12(15)9-16(22)17(11)14/h2-6,10,16H,7-9H2,1H3. The number of alkyl halides is 3. The number of nitrogens with zero attached hydrogens (tertiary/aromatic N) is 1. The molecule has 0 saturated heterocycles. The van der Waals surface area contributed by atoms with E-state index in [1.54, 1.807) is 6.07 Å². The van der Waals surface area contributed by atoms with Gasteiger partial charge in [0.15, 0.2) is 0 Å². The number of fused-ring (bicyclic) bond motifs is 2. The fraction of sp³-hybridized carbons (Fsp3) is 0.333. The summed E-state index contributed by atoms with van der Waals surface area (Å²) in [7, 11) is 2.10. The first-order valence-corrected chi connectivity index (χ1v) is 7.47. The molecule has 0 N–H and O–H groups in total. The van der Waals surface area contributed by atoms with Gasteiger partial charge in [-0.15, -0.1) is 0 Å². The van der Waals surface area contributed by atoms with Gasteiger partial charge < -0.3 is 0 Å². The fourth-order valence-electron chi connectivity index (χ4n) is 3.78. The molecule has 0 saturated carbocycles. The van der Waals surface area contributed by atoms with Crippen LogP contribution in [0.15, 0.2) is 36.4 Å². The van der Waals surface area contributed by atoms with Crippen molar-refractivity contribution in [3.63, 3.8) is 0 Å². The first-order chi connectivity index (χ1) is 10.4. The molecule has 0 aromatic heterocycles. The molecule has 1 nitrogen and oxygen atoms in total. The lowest BCUT2D eigenvalue weighted by molar-refractivity contribution is -0.137. The molecule has 0 fully saturated rings. The van der Waals surface area contributed by atoms with Crippen molar-refractivity contribution >= 4 is 0 Å². The van der Waals surface area contributed by atoms with Gasteiger partial charge in [-0.2, -0.15) is 13.2 Å². The van der Waals surface area contributed by atoms with Crippen molar-refractivity contribution in [1.82, 2.24) is 4.90 Å². The van der Waals surface area contributed by atoms with E-state index in [4.69, 9.17) is 0 Å². The summed E-state index contributed by atoms with van der Waals surface area (Å²) in [5.74, 6) is 0. The van der Waals surface area contributed by atoms with E-state index in [1.165, 1.54) is 23.3 Å². The first kappa shape index (κ1) is 13.8. The lowest BCUT2D eigenvalue weighted by Gasteiger charge is -2.39. The molecule has 0 bridgehead atoms. The first-order valence-electron chi connectivity index (χ1n) is 7.47. The van der Waals surface area contributed by atoms with Crippen molar-refractivity contribution in [2.24, 2.45) is 0 Å². The van der Waals surface area contributed by atoms with Gasteiger partial charge in [-0.3, -0.25) is 4.90 Å². The quantitative estimate of drug-likeness (QED) is 0.694. The summed E-state index contributed by atoms with van der Waals surface area (Å²) in [6.45, 7) is 0.997. The highest BCUT2D eigenvalue weighted by atomic mass is 19.4. The van der Waals surface area contributed by atoms with Crippen molar-refractivity contribution < 1.29 is 13.2 Å². The van der Waals surface area contributed by atoms with Gasteiger partial charge in [-0.25, -0.2) is 0 Å². The Bertz CT molecular complexity index is 748. The van der Waals surface area contributed by atoms with Crippen LogP contribution in [-0.2, 0) is 19.0 Å². The number of likely N-dealkylation sites (N-methyl/N-ethyl adjacent to an activating group) is 1. The van der Waals surface area contributed by atoms with E-state index in [1.807, 2.05) is 12.1 Å². The van der Waals surface area contributed by atoms with Gasteiger partial charge in [-0.05, 0) is 59.8 Å². The fourth-order valence-corrected chi connectivity index (χ4v) is 3.78. The van der Waals surface area contributed by atoms with Crippen LogP contribution in [0.2, 0.25) is 0 Å². The Kier molecular flexibility index (Phi) is 2.89. The van der Waals surface area contributed by atoms with Crippen LogP contribution in [0.5, 0.6) is 0 Å². The zero-order chi connectivity index (χ0) is 15.5. The van der Waals surface area contributed by atoms with Gasteiger partial charge in [0.25, 0.3) is 0 Å². The van der Waals surface area contributed by atoms with E-state index in [9.17, 15) is 13.2 Å². The number of rotatable bonds is 0. The van der Waals surface area contributed by atoms with E-state index in [0.29, 0.717) is 0 Å². The zero-order valence-corrected chi connectivity index (χ0v) is 12.2. The van der Waals surface area contributed by atoms with Crippen LogP contribution in [0.25, 0.3) is 11.1 Å². The minimum absolute atomic E-state index is 0.282. The Balaban J connectivity index is 1.95. The van der Waals surface area contributed by atoms with Crippen molar-refractivity contribution in [2.75, 3.05) is 13.6 Å². The predicted molar refractivity (Wildman–Crippen MR) is 79.7 cm³/mol. The molecule has 1 heterocycles. The summed E-state index contributed by atoms with van der Waals surface area (Å²) in [4.78, 5) is 2.31. The number of hydrogen-bond acceptors (Lipinski definition) is 1. The van der Waals surface area contributed by atoms with Crippen LogP contribution < -0.4 is 0 Å². The van der Waals surface area contributed by atoms with E-state index in [0.717, 1.165) is 36.1 Å². The molecule has 1 aliphatic heterocycles. The van der Waals surface area contributed by atoms with Crippen molar-refractivity contribution in [1.29, 1.82) is 0 Å². The zero-order valence-electron chi connectivity index (χ0n) is 12.2. The lowest BCUT2D eigenvalue weighted by atomic mass is 9.77. The second-order valence-corrected chi connectivity index (χ2v) is 6.20. The average Bonchev–Trinajstić information content (AvgIpc) is 2.49. The smallest absolute Gasteiger partial charge is 0.299 e. The summed E-state index contributed by atoms with van der Waals surface area (Å²) < 4.78 is 39.1. The monoisotopic (exact) mass is 303 g/mol. The number of halogens is 3. The Morgan fingerprint density at radius 3 is 2.64 bits per heavy atom. The maximum absolute atomic E-state index is 13.0. The van der Waals surface area contributed by atoms with Crippen LogP contribution in [0.4, 0.5) is 13.2 Å². The van der Waals surface area contributed by atoms with Gasteiger partial charge in [0.05, 0.1) is 5.56 Å². The van der Waals surface area contributed by atoms with Crippen molar-refractivity contribution in [2.45, 2.75) is 25.1 Å². The van der Waals surface area contributed by atoms with Crippen molar-refractivity contribution in [3.05, 3.63) is 58.7 Å². The average molecular weight is 303 g/mol. The Morgan fingerprint density at radius 1 is 1.05 bits per heavy atom. The molecule has 1 atom stereocenters. The van der Waals surface area contributed by atoms with Crippen LogP contribution in [0, 0.1) is 0 Å². The van der Waals surface area contributed by atoms with E-state index in [-0.39, 0.29) is 6.04 Å². The molecule has 114 valence electrons. The largest absolute Gasteiger partial charge is 0.416 e. The molecular weight excluding hydrogens is 287 g/mol. The van der Waals surface area contributed by atoms with Crippen LogP contribution in [-0.4, -0.2) is 18.5 Å². The highest BCUT2D eigenvalue weighted by Crippen LogP contribution is 2.46. The van der Waals surface area contributed by atoms with Gasteiger partial charge in [0.1, 0.15) is 0 Å². The summed E-state index contributed by atoms with van der Waals surface area (Å²) in [6.07, 6.45) is -2.55. The number of benzene rings is 2. The van der Waals surface area contributed by atoms with Crippen LogP contribution >= 0.6 is 0 Å². The maximum Gasteiger partial charge on any atom is 0.416 e. The molecular formula is C18H16F3N. The second-order valence-electron chi connectivity index (χ2n) is 6.20. The number of hydrogen-bond donors (Lipinski definition) is 0. The van der Waals surface area contributed by atoms with Crippen molar-refractivity contribution in [3.8, 4) is 11.1 Å². The second kappa shape index (κ2) is 4.59. The topological polar surface area (TPSA) is 3.24 Å². The molecule has 4 heteroatoms. The molecule has 4 rings (SSSR count). The normalized spacial score (nSPS) is 20.5. The molecule has 1 aliphatic carbocycles. The Labute approximate surface area is 127 Å². The summed E-state index contributed by atoms with van der Waals surface area (Å²) >= 11 is 0. The summed E-state index contributed by atoms with van der Waals surface area (Å²) in [6, 6.07) is 10.5. The third-order valence-electron chi connectivity index (χ3n) is 4.94. The minimum atomic E-state index is -4.29. The van der Waals surface area contributed by atoms with Gasteiger partial charge in [-0.1, -0.05) is 24.3 Å². The third kappa shape index (κ3) is 1.97. The molecule has 0 radical (unpaired) electrons. The van der Waals surface area contributed by atoms with Gasteiger partial charge in [0, 0.05) is 12.6 Å². The summed E-state index contributed by atoms with van der Waals surface area (Å²) in [5.41, 5.74) is 4.68. The van der Waals surface area contributed by atoms with Gasteiger partial charge >= 0.3 is 6.18 Å². The SMILES string of the molecule is CN1CCc2cccc3c2C1Cc1ccc(C(F)(F)F)cc1-3. The molecule has 2 aromatic carbocycles. The lowest BCUT2D eigenvalue weighted by Crippen LogP contribution is -2.35. The predicted octanol–water partition coefficient (Wildman–Crippen LogP) is 4.46. The van der Waals surface area contributed by atoms with Crippen LogP contribution in [0.1, 0.15) is 28.3 Å². The Hall–Kier alpha value is -1.81. The molecule has 0 amide bonds. The highest BCUT2D eigenvalue weighted by molar-refractivity contribution is 5.76. The molecule has 2 aromatic rings. The van der Waals surface area contributed by atoms with Crippen LogP contribution in [0.3, 0.4) is 0 Å². The minimum Gasteiger partial charge on any atom is -0.299 e.